The lowest BCUT2D eigenvalue weighted by molar-refractivity contribution is -0.140. The average molecular weight is 275 g/mol. The highest BCUT2D eigenvalue weighted by Gasteiger charge is 2.13. The number of carbonyl (C=O) groups excluding carboxylic acids is 2. The molecule has 0 saturated heterocycles. The van der Waals surface area contributed by atoms with Gasteiger partial charge in [-0.3, -0.25) is 9.59 Å². The number of methoxy groups -OCH3 is 1. The van der Waals surface area contributed by atoms with Crippen LogP contribution in [-0.2, 0) is 9.53 Å². The Bertz CT molecular complexity index is 704. The van der Waals surface area contributed by atoms with Crippen molar-refractivity contribution in [3.63, 3.8) is 0 Å². The van der Waals surface area contributed by atoms with Crippen LogP contribution in [-0.4, -0.2) is 25.5 Å². The zero-order valence-corrected chi connectivity index (χ0v) is 10.8. The van der Waals surface area contributed by atoms with Crippen molar-refractivity contribution in [2.24, 2.45) is 0 Å². The first-order valence-electron chi connectivity index (χ1n) is 5.99. The van der Waals surface area contributed by atoms with Gasteiger partial charge in [0.25, 0.3) is 5.91 Å². The summed E-state index contributed by atoms with van der Waals surface area (Å²) in [5, 5.41) is 3.13. The maximum absolute atomic E-state index is 11.9. The topological polar surface area (TPSA) is 85.6 Å². The van der Waals surface area contributed by atoms with E-state index in [-0.39, 0.29) is 18.5 Å². The molecule has 1 N–H and O–H groups in total. The number of benzene rings is 1. The van der Waals surface area contributed by atoms with Crippen molar-refractivity contribution in [2.45, 2.75) is 6.42 Å². The molecule has 20 heavy (non-hydrogen) atoms. The van der Waals surface area contributed by atoms with Crippen LogP contribution in [0.4, 0.5) is 0 Å². The minimum atomic E-state index is -0.709. The number of carbonyl (C=O) groups is 2. The first kappa shape index (κ1) is 13.8. The van der Waals surface area contributed by atoms with Crippen molar-refractivity contribution in [1.82, 2.24) is 5.32 Å². The number of hydrogen-bond acceptors (Lipinski definition) is 5. The summed E-state index contributed by atoms with van der Waals surface area (Å²) in [6.07, 6.45) is 0.0428. The molecule has 0 unspecified atom stereocenters. The lowest BCUT2D eigenvalue weighted by Gasteiger charge is -2.04. The number of ether oxygens (including phenoxy) is 1. The van der Waals surface area contributed by atoms with Gasteiger partial charge in [-0.2, -0.15) is 0 Å². The van der Waals surface area contributed by atoms with E-state index in [4.69, 9.17) is 4.42 Å². The molecule has 0 radical (unpaired) electrons. The van der Waals surface area contributed by atoms with E-state index in [1.807, 2.05) is 0 Å². The lowest BCUT2D eigenvalue weighted by atomic mass is 10.2. The summed E-state index contributed by atoms with van der Waals surface area (Å²) < 4.78 is 9.50. The molecule has 0 aliphatic heterocycles. The highest BCUT2D eigenvalue weighted by Crippen LogP contribution is 2.12. The first-order chi connectivity index (χ1) is 9.61. The van der Waals surface area contributed by atoms with Crippen LogP contribution in [0.5, 0.6) is 0 Å². The standard InChI is InChI=1S/C14H13NO5/c1-19-12(16)6-7-15-13(17)10-8-9-4-2-3-5-11(9)20-14(10)18/h2-5,8H,6-7H2,1H3,(H,15,17). The van der Waals surface area contributed by atoms with E-state index in [2.05, 4.69) is 10.1 Å². The van der Waals surface area contributed by atoms with Gasteiger partial charge in [-0.25, -0.2) is 4.79 Å². The molecule has 0 bridgehead atoms. The maximum Gasteiger partial charge on any atom is 0.349 e. The van der Waals surface area contributed by atoms with Crippen molar-refractivity contribution < 1.29 is 18.7 Å². The Hall–Kier alpha value is -2.63. The van der Waals surface area contributed by atoms with Gasteiger partial charge in [0.1, 0.15) is 11.1 Å². The second kappa shape index (κ2) is 6.01. The van der Waals surface area contributed by atoms with Crippen molar-refractivity contribution in [2.75, 3.05) is 13.7 Å². The first-order valence-corrected chi connectivity index (χ1v) is 5.99. The Labute approximate surface area is 114 Å². The normalized spacial score (nSPS) is 10.2. The highest BCUT2D eigenvalue weighted by atomic mass is 16.5. The molecule has 1 aromatic heterocycles. The van der Waals surface area contributed by atoms with Gasteiger partial charge in [0.2, 0.25) is 0 Å². The molecule has 104 valence electrons. The monoisotopic (exact) mass is 275 g/mol. The fourth-order valence-electron chi connectivity index (χ4n) is 1.70. The molecule has 0 fully saturated rings. The SMILES string of the molecule is COC(=O)CCNC(=O)c1cc2ccccc2oc1=O. The molecule has 0 saturated carbocycles. The summed E-state index contributed by atoms with van der Waals surface area (Å²) >= 11 is 0. The zero-order chi connectivity index (χ0) is 14.5. The summed E-state index contributed by atoms with van der Waals surface area (Å²) in [5.74, 6) is -1.01. The fourth-order valence-corrected chi connectivity index (χ4v) is 1.70. The second-order valence-corrected chi connectivity index (χ2v) is 4.07. The van der Waals surface area contributed by atoms with Gasteiger partial charge in [-0.15, -0.1) is 0 Å². The Morgan fingerprint density at radius 3 is 2.80 bits per heavy atom. The molecule has 6 nitrogen and oxygen atoms in total. The van der Waals surface area contributed by atoms with Crippen LogP contribution < -0.4 is 10.9 Å². The molecule has 2 aromatic rings. The number of para-hydroxylation sites is 1. The van der Waals surface area contributed by atoms with Crippen molar-refractivity contribution in [3.8, 4) is 0 Å². The van der Waals surface area contributed by atoms with Crippen molar-refractivity contribution in [3.05, 3.63) is 46.3 Å². The minimum absolute atomic E-state index is 0.0428. The quantitative estimate of drug-likeness (QED) is 0.666. The van der Waals surface area contributed by atoms with Crippen LogP contribution in [0.2, 0.25) is 0 Å². The van der Waals surface area contributed by atoms with Gasteiger partial charge >= 0.3 is 11.6 Å². The predicted octanol–water partition coefficient (Wildman–Crippen LogP) is 1.09. The zero-order valence-electron chi connectivity index (χ0n) is 10.8. The van der Waals surface area contributed by atoms with Gasteiger partial charge < -0.3 is 14.5 Å². The molecule has 0 spiro atoms. The van der Waals surface area contributed by atoms with Crippen LogP contribution in [0.3, 0.4) is 0 Å². The van der Waals surface area contributed by atoms with E-state index < -0.39 is 17.5 Å². The molecular weight excluding hydrogens is 262 g/mol. The van der Waals surface area contributed by atoms with Gasteiger partial charge in [-0.1, -0.05) is 18.2 Å². The molecule has 1 amide bonds. The third kappa shape index (κ3) is 3.03. The van der Waals surface area contributed by atoms with E-state index in [0.29, 0.717) is 11.0 Å². The fraction of sp³-hybridized carbons (Fsp3) is 0.214. The molecule has 0 aliphatic rings. The minimum Gasteiger partial charge on any atom is -0.469 e. The predicted molar refractivity (Wildman–Crippen MR) is 71.5 cm³/mol. The molecule has 2 rings (SSSR count). The molecule has 6 heteroatoms. The van der Waals surface area contributed by atoms with Crippen LogP contribution >= 0.6 is 0 Å². The molecular formula is C14H13NO5. The molecule has 1 aromatic carbocycles. The second-order valence-electron chi connectivity index (χ2n) is 4.07. The van der Waals surface area contributed by atoms with Gasteiger partial charge in [0.15, 0.2) is 0 Å². The van der Waals surface area contributed by atoms with E-state index in [1.165, 1.54) is 13.2 Å². The smallest absolute Gasteiger partial charge is 0.349 e. The summed E-state index contributed by atoms with van der Waals surface area (Å²) in [6.45, 7) is 0.0950. The summed E-state index contributed by atoms with van der Waals surface area (Å²) in [6, 6.07) is 8.37. The Balaban J connectivity index is 2.15. The van der Waals surface area contributed by atoms with Crippen LogP contribution in [0.1, 0.15) is 16.8 Å². The molecule has 0 atom stereocenters. The summed E-state index contributed by atoms with van der Waals surface area (Å²) in [7, 11) is 1.27. The average Bonchev–Trinajstić information content (AvgIpc) is 2.46. The number of fused-ring (bicyclic) bond motifs is 1. The van der Waals surface area contributed by atoms with E-state index in [9.17, 15) is 14.4 Å². The third-order valence-electron chi connectivity index (χ3n) is 2.73. The maximum atomic E-state index is 11.9. The lowest BCUT2D eigenvalue weighted by Crippen LogP contribution is -2.30. The Morgan fingerprint density at radius 2 is 2.05 bits per heavy atom. The Morgan fingerprint density at radius 1 is 1.30 bits per heavy atom. The number of nitrogens with one attached hydrogen (secondary N) is 1. The van der Waals surface area contributed by atoms with Gasteiger partial charge in [-0.05, 0) is 12.1 Å². The third-order valence-corrected chi connectivity index (χ3v) is 2.73. The number of amides is 1. The van der Waals surface area contributed by atoms with Crippen LogP contribution in [0.25, 0.3) is 11.0 Å². The number of rotatable bonds is 4. The van der Waals surface area contributed by atoms with Crippen LogP contribution in [0, 0.1) is 0 Å². The number of esters is 1. The van der Waals surface area contributed by atoms with Crippen LogP contribution in [0.15, 0.2) is 39.5 Å². The van der Waals surface area contributed by atoms with E-state index in [1.54, 1.807) is 24.3 Å². The van der Waals surface area contributed by atoms with Crippen molar-refractivity contribution in [1.29, 1.82) is 0 Å². The summed E-state index contributed by atoms with van der Waals surface area (Å²) in [4.78, 5) is 34.5. The van der Waals surface area contributed by atoms with Crippen molar-refractivity contribution >= 4 is 22.8 Å². The molecule has 1 heterocycles. The van der Waals surface area contributed by atoms with E-state index >= 15 is 0 Å². The Kier molecular flexibility index (Phi) is 4.14. The van der Waals surface area contributed by atoms with E-state index in [0.717, 1.165) is 0 Å². The molecule has 0 aliphatic carbocycles. The largest absolute Gasteiger partial charge is 0.469 e. The summed E-state index contributed by atoms with van der Waals surface area (Å²) in [5.41, 5.74) is -0.378. The van der Waals surface area contributed by atoms with Gasteiger partial charge in [0, 0.05) is 11.9 Å². The van der Waals surface area contributed by atoms with Gasteiger partial charge in [0.05, 0.1) is 13.5 Å². The number of hydrogen-bond donors (Lipinski definition) is 1. The highest BCUT2D eigenvalue weighted by molar-refractivity contribution is 5.96.